The average molecular weight is 667 g/mol. The molecule has 244 valence electrons. The zero-order chi connectivity index (χ0) is 34.4. The van der Waals surface area contributed by atoms with Gasteiger partial charge in [-0.2, -0.15) is 0 Å². The molecular weight excluding hydrogens is 637 g/mol. The van der Waals surface area contributed by atoms with Crippen LogP contribution in [0.5, 0.6) is 0 Å². The molecule has 2 heterocycles. The summed E-state index contributed by atoms with van der Waals surface area (Å²) in [5, 5.41) is 6.53. The van der Waals surface area contributed by atoms with Crippen LogP contribution in [0.1, 0.15) is 0 Å². The molecule has 10 rings (SSSR count). The van der Waals surface area contributed by atoms with Crippen molar-refractivity contribution < 1.29 is 4.42 Å². The van der Waals surface area contributed by atoms with Crippen molar-refractivity contribution in [1.29, 1.82) is 0 Å². The number of para-hydroxylation sites is 1. The van der Waals surface area contributed by atoms with Crippen LogP contribution in [0.15, 0.2) is 186 Å². The molecule has 10 aromatic rings. The number of nitrogens with zero attached hydrogens (tertiary/aromatic N) is 4. The number of fused-ring (bicyclic) bond motifs is 6. The fourth-order valence-electron chi connectivity index (χ4n) is 7.23. The van der Waals surface area contributed by atoms with E-state index in [0.717, 1.165) is 66.5 Å². The Kier molecular flexibility index (Phi) is 7.07. The molecule has 0 fully saturated rings. The number of hydrogen-bond donors (Lipinski definition) is 0. The largest absolute Gasteiger partial charge is 0.455 e. The summed E-state index contributed by atoms with van der Waals surface area (Å²) in [7, 11) is 0. The van der Waals surface area contributed by atoms with Crippen LogP contribution < -0.4 is 4.90 Å². The van der Waals surface area contributed by atoms with E-state index in [9.17, 15) is 0 Å². The number of aromatic nitrogens is 3. The molecule has 0 radical (unpaired) electrons. The summed E-state index contributed by atoms with van der Waals surface area (Å²) in [4.78, 5) is 17.3. The molecule has 0 aliphatic carbocycles. The van der Waals surface area contributed by atoms with Crippen molar-refractivity contribution in [2.24, 2.45) is 0 Å². The Morgan fingerprint density at radius 3 is 1.62 bits per heavy atom. The maximum Gasteiger partial charge on any atom is 0.164 e. The molecule has 5 nitrogen and oxygen atoms in total. The van der Waals surface area contributed by atoms with E-state index in [0.29, 0.717) is 17.5 Å². The van der Waals surface area contributed by atoms with Gasteiger partial charge in [0.1, 0.15) is 11.2 Å². The van der Waals surface area contributed by atoms with Crippen molar-refractivity contribution in [3.05, 3.63) is 182 Å². The molecule has 0 unspecified atom stereocenters. The Labute approximate surface area is 300 Å². The van der Waals surface area contributed by atoms with Gasteiger partial charge in [-0.05, 0) is 47.9 Å². The van der Waals surface area contributed by atoms with Gasteiger partial charge in [0.15, 0.2) is 17.5 Å². The van der Waals surface area contributed by atoms with Crippen LogP contribution in [0.25, 0.3) is 77.6 Å². The van der Waals surface area contributed by atoms with Gasteiger partial charge in [0.25, 0.3) is 0 Å². The standard InChI is InChI=1S/C47H30N4O/c1-4-16-32(17-5-1)45-48-46(33-18-6-2-7-19-33)50-47(49-45)34-27-28-43-39(29-34)40-30-42(37-24-12-13-25-38(37)44(40)52-43)51(35-21-8-3-9-22-35)41-26-14-20-31-15-10-11-23-36(31)41/h1-30H. The van der Waals surface area contributed by atoms with E-state index >= 15 is 0 Å². The molecule has 5 heteroatoms. The van der Waals surface area contributed by atoms with Crippen LogP contribution in [0, 0.1) is 0 Å². The monoisotopic (exact) mass is 666 g/mol. The maximum atomic E-state index is 6.69. The van der Waals surface area contributed by atoms with E-state index in [1.54, 1.807) is 0 Å². The molecule has 0 aliphatic heterocycles. The minimum Gasteiger partial charge on any atom is -0.455 e. The molecule has 0 saturated carbocycles. The summed E-state index contributed by atoms with van der Waals surface area (Å²) >= 11 is 0. The van der Waals surface area contributed by atoms with Gasteiger partial charge < -0.3 is 9.32 Å². The van der Waals surface area contributed by atoms with Crippen LogP contribution in [-0.2, 0) is 0 Å². The third-order valence-corrected chi connectivity index (χ3v) is 9.68. The average Bonchev–Trinajstić information content (AvgIpc) is 3.60. The Morgan fingerprint density at radius 1 is 0.365 bits per heavy atom. The third kappa shape index (κ3) is 5.07. The normalized spacial score (nSPS) is 11.5. The van der Waals surface area contributed by atoms with Crippen LogP contribution in [0.2, 0.25) is 0 Å². The lowest BCUT2D eigenvalue weighted by molar-refractivity contribution is 0.672. The topological polar surface area (TPSA) is 55.1 Å². The molecule has 0 aliphatic rings. The minimum absolute atomic E-state index is 0.603. The molecule has 0 spiro atoms. The number of rotatable bonds is 6. The van der Waals surface area contributed by atoms with Crippen molar-refractivity contribution in [3.63, 3.8) is 0 Å². The molecule has 8 aromatic carbocycles. The summed E-state index contributed by atoms with van der Waals surface area (Å²) < 4.78 is 6.69. The second-order valence-electron chi connectivity index (χ2n) is 12.8. The highest BCUT2D eigenvalue weighted by atomic mass is 16.3. The van der Waals surface area contributed by atoms with Gasteiger partial charge in [-0.25, -0.2) is 15.0 Å². The van der Waals surface area contributed by atoms with Gasteiger partial charge in [-0.1, -0.05) is 140 Å². The highest BCUT2D eigenvalue weighted by Crippen LogP contribution is 2.46. The SMILES string of the molecule is c1ccc(-c2nc(-c3ccccc3)nc(-c3ccc4oc5c6ccccc6c(N(c6ccccc6)c6cccc7ccccc67)cc5c4c3)n2)cc1. The Hall–Kier alpha value is -7.11. The summed E-state index contributed by atoms with van der Waals surface area (Å²) in [6, 6.07) is 62.8. The van der Waals surface area contributed by atoms with Gasteiger partial charge in [0.2, 0.25) is 0 Å². The van der Waals surface area contributed by atoms with Crippen LogP contribution >= 0.6 is 0 Å². The van der Waals surface area contributed by atoms with Gasteiger partial charge >= 0.3 is 0 Å². The summed E-state index contributed by atoms with van der Waals surface area (Å²) in [6.07, 6.45) is 0. The number of benzene rings is 8. The lowest BCUT2D eigenvalue weighted by Gasteiger charge is -2.28. The van der Waals surface area contributed by atoms with Crippen molar-refractivity contribution in [2.45, 2.75) is 0 Å². The predicted molar refractivity (Wildman–Crippen MR) is 213 cm³/mol. The highest BCUT2D eigenvalue weighted by molar-refractivity contribution is 6.20. The summed E-state index contributed by atoms with van der Waals surface area (Å²) in [5.74, 6) is 1.86. The third-order valence-electron chi connectivity index (χ3n) is 9.68. The first kappa shape index (κ1) is 29.8. The second kappa shape index (κ2) is 12.3. The maximum absolute atomic E-state index is 6.69. The van der Waals surface area contributed by atoms with Crippen molar-refractivity contribution in [1.82, 2.24) is 15.0 Å². The van der Waals surface area contributed by atoms with Crippen molar-refractivity contribution >= 4 is 60.5 Å². The van der Waals surface area contributed by atoms with Crippen LogP contribution in [0.3, 0.4) is 0 Å². The lowest BCUT2D eigenvalue weighted by atomic mass is 10.0. The molecule has 52 heavy (non-hydrogen) atoms. The van der Waals surface area contributed by atoms with Gasteiger partial charge in [-0.3, -0.25) is 0 Å². The molecule has 0 N–H and O–H groups in total. The van der Waals surface area contributed by atoms with Gasteiger partial charge in [-0.15, -0.1) is 0 Å². The first-order chi connectivity index (χ1) is 25.8. The minimum atomic E-state index is 0.603. The molecule has 0 bridgehead atoms. The fourth-order valence-corrected chi connectivity index (χ4v) is 7.23. The number of furan rings is 1. The molecular formula is C47H30N4O. The smallest absolute Gasteiger partial charge is 0.164 e. The highest BCUT2D eigenvalue weighted by Gasteiger charge is 2.22. The number of anilines is 3. The fraction of sp³-hybridized carbons (Fsp3) is 0. The number of hydrogen-bond acceptors (Lipinski definition) is 5. The van der Waals surface area contributed by atoms with Crippen LogP contribution in [0.4, 0.5) is 17.1 Å². The lowest BCUT2D eigenvalue weighted by Crippen LogP contribution is -2.11. The molecule has 0 atom stereocenters. The van der Waals surface area contributed by atoms with E-state index in [-0.39, 0.29) is 0 Å². The first-order valence-corrected chi connectivity index (χ1v) is 17.4. The summed E-state index contributed by atoms with van der Waals surface area (Å²) in [5.41, 5.74) is 7.65. The van der Waals surface area contributed by atoms with Gasteiger partial charge in [0, 0.05) is 49.3 Å². The summed E-state index contributed by atoms with van der Waals surface area (Å²) in [6.45, 7) is 0. The van der Waals surface area contributed by atoms with Gasteiger partial charge in [0.05, 0.1) is 11.4 Å². The van der Waals surface area contributed by atoms with E-state index in [1.807, 2.05) is 72.8 Å². The predicted octanol–water partition coefficient (Wildman–Crippen LogP) is 12.5. The first-order valence-electron chi connectivity index (χ1n) is 17.4. The van der Waals surface area contributed by atoms with E-state index in [1.165, 1.54) is 10.8 Å². The Balaban J connectivity index is 1.22. The second-order valence-corrected chi connectivity index (χ2v) is 12.8. The zero-order valence-electron chi connectivity index (χ0n) is 28.0. The zero-order valence-corrected chi connectivity index (χ0v) is 28.0. The van der Waals surface area contributed by atoms with Crippen molar-refractivity contribution in [2.75, 3.05) is 4.90 Å². The molecule has 2 aromatic heterocycles. The molecule has 0 saturated heterocycles. The van der Waals surface area contributed by atoms with E-state index in [2.05, 4.69) is 114 Å². The van der Waals surface area contributed by atoms with Crippen LogP contribution in [-0.4, -0.2) is 15.0 Å². The Morgan fingerprint density at radius 2 is 0.923 bits per heavy atom. The quantitative estimate of drug-likeness (QED) is 0.177. The van der Waals surface area contributed by atoms with E-state index in [4.69, 9.17) is 19.4 Å². The Bertz CT molecular complexity index is 2840. The van der Waals surface area contributed by atoms with Crippen molar-refractivity contribution in [3.8, 4) is 34.2 Å². The molecule has 0 amide bonds. The van der Waals surface area contributed by atoms with E-state index < -0.39 is 0 Å².